The second-order valence-electron chi connectivity index (χ2n) is 9.94. The summed E-state index contributed by atoms with van der Waals surface area (Å²) in [6.07, 6.45) is 5.41. The number of likely N-dealkylation sites (tertiary alicyclic amines) is 1. The van der Waals surface area contributed by atoms with Gasteiger partial charge in [-0.1, -0.05) is 54.1 Å². The van der Waals surface area contributed by atoms with Gasteiger partial charge in [0.05, 0.1) is 11.8 Å². The molecule has 2 amide bonds. The smallest absolute Gasteiger partial charge is 0.330 e. The summed E-state index contributed by atoms with van der Waals surface area (Å²) in [7, 11) is 0. The summed E-state index contributed by atoms with van der Waals surface area (Å²) in [4.78, 5) is 54.3. The molecule has 4 aliphatic carbocycles. The van der Waals surface area contributed by atoms with Crippen molar-refractivity contribution in [2.75, 3.05) is 6.61 Å². The fourth-order valence-corrected chi connectivity index (χ4v) is 6.48. The predicted octanol–water partition coefficient (Wildman–Crippen LogP) is 3.73. The molecule has 6 nitrogen and oxygen atoms in total. The molecular formula is C28H24ClNO5. The number of Topliss-reactive ketones (excluding diaryl/α,β-unsaturated/α-hetero) is 1. The first kappa shape index (κ1) is 22.2. The maximum absolute atomic E-state index is 13.6. The first-order valence-electron chi connectivity index (χ1n) is 12.0. The van der Waals surface area contributed by atoms with Crippen molar-refractivity contribution in [3.63, 3.8) is 0 Å². The molecule has 7 heteroatoms. The highest BCUT2D eigenvalue weighted by Gasteiger charge is 2.68. The topological polar surface area (TPSA) is 80.8 Å². The molecule has 5 aliphatic rings. The van der Waals surface area contributed by atoms with Crippen LogP contribution in [0.25, 0.3) is 0 Å². The van der Waals surface area contributed by atoms with Gasteiger partial charge in [-0.15, -0.1) is 0 Å². The Kier molecular flexibility index (Phi) is 5.37. The molecule has 2 aromatic rings. The molecule has 0 radical (unpaired) electrons. The zero-order chi connectivity index (χ0) is 24.3. The Hall–Kier alpha value is -3.25. The number of rotatable bonds is 7. The van der Waals surface area contributed by atoms with E-state index in [9.17, 15) is 19.2 Å². The number of amides is 2. The SMILES string of the molecule is O=C(COC(=O)[C@H](Cc1ccccc1)N1C(=O)[C@H]2[C@@H]3C=C[C@H]([C@H]4C[C@H]34)[C@@H]2C1=O)c1ccc(Cl)cc1. The van der Waals surface area contributed by atoms with Crippen molar-refractivity contribution >= 4 is 35.2 Å². The normalized spacial score (nSPS) is 30.6. The van der Waals surface area contributed by atoms with Crippen LogP contribution in [0.3, 0.4) is 0 Å². The van der Waals surface area contributed by atoms with Gasteiger partial charge in [-0.3, -0.25) is 19.3 Å². The zero-order valence-electron chi connectivity index (χ0n) is 18.9. The number of esters is 1. The molecule has 3 fully saturated rings. The number of imide groups is 1. The highest BCUT2D eigenvalue weighted by Crippen LogP contribution is 2.65. The van der Waals surface area contributed by atoms with E-state index in [1.165, 1.54) is 0 Å². The van der Waals surface area contributed by atoms with Crippen molar-refractivity contribution < 1.29 is 23.9 Å². The molecule has 7 rings (SSSR count). The van der Waals surface area contributed by atoms with E-state index >= 15 is 0 Å². The van der Waals surface area contributed by atoms with Gasteiger partial charge in [0.15, 0.2) is 12.4 Å². The van der Waals surface area contributed by atoms with Crippen LogP contribution >= 0.6 is 11.6 Å². The van der Waals surface area contributed by atoms with Gasteiger partial charge < -0.3 is 4.74 Å². The Morgan fingerprint density at radius 3 is 2.11 bits per heavy atom. The van der Waals surface area contributed by atoms with Crippen molar-refractivity contribution in [3.8, 4) is 0 Å². The monoisotopic (exact) mass is 489 g/mol. The Morgan fingerprint density at radius 1 is 0.914 bits per heavy atom. The summed E-state index contributed by atoms with van der Waals surface area (Å²) in [6, 6.07) is 14.4. The lowest BCUT2D eigenvalue weighted by atomic mass is 9.63. The van der Waals surface area contributed by atoms with Crippen LogP contribution in [0, 0.1) is 35.5 Å². The molecule has 0 N–H and O–H groups in total. The molecule has 1 heterocycles. The summed E-state index contributed by atoms with van der Waals surface area (Å²) in [5.74, 6) is -1.43. The fourth-order valence-electron chi connectivity index (χ4n) is 6.36. The Balaban J connectivity index is 1.25. The van der Waals surface area contributed by atoms with Crippen LogP contribution in [0.15, 0.2) is 66.7 Å². The van der Waals surface area contributed by atoms with Crippen LogP contribution in [0.5, 0.6) is 0 Å². The quantitative estimate of drug-likeness (QED) is 0.256. The number of hydrogen-bond acceptors (Lipinski definition) is 5. The molecule has 2 bridgehead atoms. The summed E-state index contributed by atoms with van der Waals surface area (Å²) in [5.41, 5.74) is 1.17. The first-order chi connectivity index (χ1) is 16.9. The van der Waals surface area contributed by atoms with Gasteiger partial charge in [0.2, 0.25) is 11.8 Å². The van der Waals surface area contributed by atoms with Crippen molar-refractivity contribution in [1.82, 2.24) is 4.90 Å². The molecule has 2 saturated carbocycles. The maximum atomic E-state index is 13.6. The minimum Gasteiger partial charge on any atom is -0.456 e. The van der Waals surface area contributed by atoms with Crippen LogP contribution in [-0.4, -0.2) is 41.1 Å². The van der Waals surface area contributed by atoms with Crippen molar-refractivity contribution in [2.45, 2.75) is 18.9 Å². The summed E-state index contributed by atoms with van der Waals surface area (Å²) in [6.45, 7) is -0.480. The molecular weight excluding hydrogens is 466 g/mol. The molecule has 178 valence electrons. The number of halogens is 1. The largest absolute Gasteiger partial charge is 0.456 e. The summed E-state index contributed by atoms with van der Waals surface area (Å²) in [5, 5.41) is 0.495. The fraction of sp³-hybridized carbons (Fsp3) is 0.357. The van der Waals surface area contributed by atoms with Crippen molar-refractivity contribution in [1.29, 1.82) is 0 Å². The molecule has 1 saturated heterocycles. The van der Waals surface area contributed by atoms with Crippen LogP contribution in [0.2, 0.25) is 5.02 Å². The summed E-state index contributed by atoms with van der Waals surface area (Å²) >= 11 is 5.88. The third-order valence-electron chi connectivity index (χ3n) is 8.06. The van der Waals surface area contributed by atoms with Crippen LogP contribution < -0.4 is 0 Å². The molecule has 35 heavy (non-hydrogen) atoms. The molecule has 0 unspecified atom stereocenters. The van der Waals surface area contributed by atoms with Crippen molar-refractivity contribution in [2.24, 2.45) is 35.5 Å². The lowest BCUT2D eigenvalue weighted by Gasteiger charge is -2.37. The molecule has 0 spiro atoms. The lowest BCUT2D eigenvalue weighted by Crippen LogP contribution is -2.48. The molecule has 0 aromatic heterocycles. The number of ether oxygens (including phenoxy) is 1. The molecule has 7 atom stereocenters. The van der Waals surface area contributed by atoms with E-state index in [4.69, 9.17) is 16.3 Å². The van der Waals surface area contributed by atoms with Crippen LogP contribution in [-0.2, 0) is 25.5 Å². The molecule has 2 aromatic carbocycles. The van der Waals surface area contributed by atoms with Crippen LogP contribution in [0.4, 0.5) is 0 Å². The van der Waals surface area contributed by atoms with E-state index in [-0.39, 0.29) is 35.9 Å². The van der Waals surface area contributed by atoms with E-state index in [0.717, 1.165) is 16.9 Å². The Labute approximate surface area is 207 Å². The number of carbonyl (C=O) groups is 4. The number of carbonyl (C=O) groups excluding carboxylic acids is 4. The second kappa shape index (κ2) is 8.45. The van der Waals surface area contributed by atoms with Crippen LogP contribution in [0.1, 0.15) is 22.3 Å². The number of hydrogen-bond donors (Lipinski definition) is 0. The predicted molar refractivity (Wildman–Crippen MR) is 127 cm³/mol. The van der Waals surface area contributed by atoms with Gasteiger partial charge in [-0.25, -0.2) is 4.79 Å². The standard InChI is InChI=1S/C28H24ClNO5/c29-17-8-6-16(7-9-17)23(31)14-35-28(34)22(12-15-4-2-1-3-5-15)30-26(32)24-18-10-11-19(21-13-20(18)21)25(24)27(30)33/h1-11,18-22,24-25H,12-14H2/t18-,19-,20-,21-,22+,24+,25+/m1/s1. The number of benzene rings is 2. The second-order valence-corrected chi connectivity index (χ2v) is 10.4. The number of nitrogens with zero attached hydrogens (tertiary/aromatic N) is 1. The van der Waals surface area contributed by atoms with E-state index in [1.54, 1.807) is 24.3 Å². The average molecular weight is 490 g/mol. The number of allylic oxidation sites excluding steroid dienone is 2. The maximum Gasteiger partial charge on any atom is 0.330 e. The zero-order valence-corrected chi connectivity index (χ0v) is 19.6. The Morgan fingerprint density at radius 2 is 1.51 bits per heavy atom. The van der Waals surface area contributed by atoms with Gasteiger partial charge in [0, 0.05) is 17.0 Å². The van der Waals surface area contributed by atoms with E-state index in [0.29, 0.717) is 22.4 Å². The van der Waals surface area contributed by atoms with Gasteiger partial charge >= 0.3 is 5.97 Å². The van der Waals surface area contributed by atoms with Gasteiger partial charge in [-0.2, -0.15) is 0 Å². The van der Waals surface area contributed by atoms with E-state index in [1.807, 2.05) is 30.3 Å². The Bertz CT molecular complexity index is 1200. The first-order valence-corrected chi connectivity index (χ1v) is 12.4. The highest BCUT2D eigenvalue weighted by molar-refractivity contribution is 6.30. The minimum atomic E-state index is -1.11. The minimum absolute atomic E-state index is 0.0660. The van der Waals surface area contributed by atoms with Gasteiger partial charge in [0.25, 0.3) is 0 Å². The molecule has 1 aliphatic heterocycles. The lowest BCUT2D eigenvalue weighted by molar-refractivity contribution is -0.158. The average Bonchev–Trinajstić information content (AvgIpc) is 3.65. The van der Waals surface area contributed by atoms with Gasteiger partial charge in [0.1, 0.15) is 6.04 Å². The number of ketones is 1. The van der Waals surface area contributed by atoms with Crippen molar-refractivity contribution in [3.05, 3.63) is 82.9 Å². The summed E-state index contributed by atoms with van der Waals surface area (Å²) < 4.78 is 5.40. The third-order valence-corrected chi connectivity index (χ3v) is 8.32. The van der Waals surface area contributed by atoms with Gasteiger partial charge in [-0.05, 0) is 59.9 Å². The van der Waals surface area contributed by atoms with E-state index < -0.39 is 30.5 Å². The van der Waals surface area contributed by atoms with E-state index in [2.05, 4.69) is 12.2 Å². The highest BCUT2D eigenvalue weighted by atomic mass is 35.5. The third kappa shape index (κ3) is 3.71.